The van der Waals surface area contributed by atoms with Crippen LogP contribution in [-0.4, -0.2) is 20.9 Å². The molecule has 3 aromatic heterocycles. The third kappa shape index (κ3) is 6.04. The van der Waals surface area contributed by atoms with Crippen molar-refractivity contribution in [2.24, 2.45) is 0 Å². The molecule has 0 fully saturated rings. The number of hydrogen-bond donors (Lipinski definition) is 0. The average Bonchev–Trinajstić information content (AvgIpc) is 3.92. The minimum absolute atomic E-state index is 0.0806. The number of esters is 1. The zero-order chi connectivity index (χ0) is 46.4. The van der Waals surface area contributed by atoms with Crippen LogP contribution in [0.5, 0.6) is 5.75 Å². The second kappa shape index (κ2) is 15.5. The summed E-state index contributed by atoms with van der Waals surface area (Å²) in [6.07, 6.45) is 1.97. The molecular weight excluding hydrogens is 855 g/mol. The van der Waals surface area contributed by atoms with Gasteiger partial charge in [-0.1, -0.05) is 176 Å². The van der Waals surface area contributed by atoms with Gasteiger partial charge < -0.3 is 4.74 Å². The highest BCUT2D eigenvalue weighted by Gasteiger charge is 2.59. The third-order valence-electron chi connectivity index (χ3n) is 15.8. The molecule has 0 amide bonds. The summed E-state index contributed by atoms with van der Waals surface area (Å²) in [5.41, 5.74) is 15.0. The molecule has 5 heteroatoms. The maximum absolute atomic E-state index is 15.2. The molecule has 332 valence electrons. The van der Waals surface area contributed by atoms with Gasteiger partial charge in [0.1, 0.15) is 5.75 Å². The summed E-state index contributed by atoms with van der Waals surface area (Å²) in [5, 5.41) is 3.21. The van der Waals surface area contributed by atoms with Crippen LogP contribution in [0.3, 0.4) is 0 Å². The molecular formula is C65H45N3O2. The smallest absolute Gasteiger partial charge is 0.312 e. The van der Waals surface area contributed by atoms with Crippen molar-refractivity contribution in [1.82, 2.24) is 15.0 Å². The second-order valence-corrected chi connectivity index (χ2v) is 19.6. The van der Waals surface area contributed by atoms with E-state index in [2.05, 4.69) is 188 Å². The Labute approximate surface area is 406 Å². The lowest BCUT2D eigenvalue weighted by Gasteiger charge is -2.47. The van der Waals surface area contributed by atoms with Crippen molar-refractivity contribution in [3.8, 4) is 39.5 Å². The maximum atomic E-state index is 15.2. The average molecular weight is 900 g/mol. The molecule has 3 heterocycles. The summed E-state index contributed by atoms with van der Waals surface area (Å²) in [5.74, 6) is 0.222. The summed E-state index contributed by atoms with van der Waals surface area (Å²) < 4.78 is 6.40. The van der Waals surface area contributed by atoms with Gasteiger partial charge in [-0.05, 0) is 107 Å². The van der Waals surface area contributed by atoms with Gasteiger partial charge in [0.15, 0.2) is 0 Å². The SMILES string of the molecule is O=C(CC1(CC2(CC3(Cc4ccccc4)c4ccccc4-c4nc5ccccc5cc43)c3ccccc3-c3nc4ccccc4cc32)c2ccccc2-c2nc3ccccc3cc21)Oc1ccccc1. The molecule has 0 spiro atoms. The summed E-state index contributed by atoms with van der Waals surface area (Å²) in [6.45, 7) is 0. The van der Waals surface area contributed by atoms with Crippen LogP contribution < -0.4 is 4.74 Å². The van der Waals surface area contributed by atoms with Crippen LogP contribution >= 0.6 is 0 Å². The highest BCUT2D eigenvalue weighted by Crippen LogP contribution is 2.66. The van der Waals surface area contributed by atoms with E-state index in [9.17, 15) is 0 Å². The lowest BCUT2D eigenvalue weighted by atomic mass is 9.55. The van der Waals surface area contributed by atoms with Crippen LogP contribution in [0.1, 0.15) is 58.2 Å². The van der Waals surface area contributed by atoms with Crippen molar-refractivity contribution < 1.29 is 9.53 Å². The Bertz CT molecular complexity index is 3930. The number of carbonyl (C=O) groups is 1. The van der Waals surface area contributed by atoms with Gasteiger partial charge in [-0.2, -0.15) is 0 Å². The number of aromatic nitrogens is 3. The maximum Gasteiger partial charge on any atom is 0.312 e. The molecule has 3 atom stereocenters. The lowest BCUT2D eigenvalue weighted by Crippen LogP contribution is -2.45. The van der Waals surface area contributed by atoms with Crippen molar-refractivity contribution in [2.45, 2.75) is 41.9 Å². The Morgan fingerprint density at radius 2 is 0.743 bits per heavy atom. The number of carbonyl (C=O) groups excluding carboxylic acids is 1. The molecule has 0 aliphatic heterocycles. The van der Waals surface area contributed by atoms with Crippen molar-refractivity contribution in [3.63, 3.8) is 0 Å². The molecule has 70 heavy (non-hydrogen) atoms. The summed E-state index contributed by atoms with van der Waals surface area (Å²) in [6, 6.07) is 79.5. The Morgan fingerprint density at radius 1 is 0.371 bits per heavy atom. The lowest BCUT2D eigenvalue weighted by molar-refractivity contribution is -0.135. The van der Waals surface area contributed by atoms with Gasteiger partial charge in [-0.25, -0.2) is 15.0 Å². The fraction of sp³-hybridized carbons (Fsp3) is 0.108. The zero-order valence-corrected chi connectivity index (χ0v) is 38.3. The second-order valence-electron chi connectivity index (χ2n) is 19.6. The number of benzene rings is 8. The van der Waals surface area contributed by atoms with Gasteiger partial charge in [0.2, 0.25) is 0 Å². The summed E-state index contributed by atoms with van der Waals surface area (Å²) >= 11 is 0. The number of nitrogens with zero attached hydrogens (tertiary/aromatic N) is 3. The fourth-order valence-electron chi connectivity index (χ4n) is 13.0. The first kappa shape index (κ1) is 40.5. The highest BCUT2D eigenvalue weighted by atomic mass is 16.5. The first-order valence-electron chi connectivity index (χ1n) is 24.3. The Hall–Kier alpha value is -8.54. The standard InChI is InChI=1S/C65H45N3O2/c69-59(70-46-24-5-2-6-25-46)39-64(51-30-14-11-27-48(51)61-54(64)36-44-22-8-17-33-57(44)67-61)41-65(52-31-15-12-28-49(52)62-55(65)37-45-23-9-18-34-58(45)68-62)40-63(38-42-19-3-1-4-20-42)50-29-13-10-26-47(50)60-53(63)35-43-21-7-16-32-56(43)66-60/h1-37H,38-41H2. The third-order valence-corrected chi connectivity index (χ3v) is 15.8. The molecule has 14 rings (SSSR count). The van der Waals surface area contributed by atoms with Gasteiger partial charge >= 0.3 is 5.97 Å². The first-order chi connectivity index (χ1) is 34.5. The van der Waals surface area contributed by atoms with Crippen LogP contribution in [0.25, 0.3) is 66.5 Å². The molecule has 0 bridgehead atoms. The molecule has 0 saturated carbocycles. The van der Waals surface area contributed by atoms with Gasteiger partial charge in [0, 0.05) is 49.1 Å². The van der Waals surface area contributed by atoms with Gasteiger partial charge in [-0.15, -0.1) is 0 Å². The van der Waals surface area contributed by atoms with Crippen molar-refractivity contribution >= 4 is 38.7 Å². The number of fused-ring (bicyclic) bond motifs is 12. The van der Waals surface area contributed by atoms with Crippen molar-refractivity contribution in [1.29, 1.82) is 0 Å². The molecule has 8 aromatic carbocycles. The number of hydrogen-bond acceptors (Lipinski definition) is 5. The molecule has 0 saturated heterocycles. The van der Waals surface area contributed by atoms with Gasteiger partial charge in [0.05, 0.1) is 40.1 Å². The number of para-hydroxylation sites is 4. The van der Waals surface area contributed by atoms with E-state index in [1.54, 1.807) is 0 Å². The predicted octanol–water partition coefficient (Wildman–Crippen LogP) is 14.5. The minimum Gasteiger partial charge on any atom is -0.426 e. The van der Waals surface area contributed by atoms with Crippen LogP contribution in [0.15, 0.2) is 224 Å². The monoisotopic (exact) mass is 899 g/mol. The zero-order valence-electron chi connectivity index (χ0n) is 38.3. The minimum atomic E-state index is -0.925. The van der Waals surface area contributed by atoms with Crippen molar-refractivity contribution in [2.75, 3.05) is 0 Å². The molecule has 0 N–H and O–H groups in total. The molecule has 5 nitrogen and oxygen atoms in total. The first-order valence-corrected chi connectivity index (χ1v) is 24.3. The topological polar surface area (TPSA) is 65.0 Å². The Kier molecular flexibility index (Phi) is 8.97. The highest BCUT2D eigenvalue weighted by molar-refractivity contribution is 5.94. The van der Waals surface area contributed by atoms with E-state index in [-0.39, 0.29) is 12.4 Å². The Morgan fingerprint density at radius 3 is 1.26 bits per heavy atom. The number of ether oxygens (including phenoxy) is 1. The number of pyridine rings is 3. The largest absolute Gasteiger partial charge is 0.426 e. The summed E-state index contributed by atoms with van der Waals surface area (Å²) in [4.78, 5) is 31.9. The van der Waals surface area contributed by atoms with E-state index in [4.69, 9.17) is 19.7 Å². The molecule has 3 aliphatic carbocycles. The number of rotatable bonds is 9. The Balaban J connectivity index is 1.11. The van der Waals surface area contributed by atoms with Gasteiger partial charge in [-0.3, -0.25) is 4.79 Å². The normalized spacial score (nSPS) is 19.0. The summed E-state index contributed by atoms with van der Waals surface area (Å²) in [7, 11) is 0. The van der Waals surface area contributed by atoms with E-state index in [1.165, 1.54) is 22.3 Å². The van der Waals surface area contributed by atoms with Crippen LogP contribution in [0.2, 0.25) is 0 Å². The molecule has 0 radical (unpaired) electrons. The molecule has 11 aromatic rings. The van der Waals surface area contributed by atoms with Crippen LogP contribution in [0.4, 0.5) is 0 Å². The van der Waals surface area contributed by atoms with Crippen LogP contribution in [0, 0.1) is 0 Å². The van der Waals surface area contributed by atoms with E-state index in [0.29, 0.717) is 18.6 Å². The van der Waals surface area contributed by atoms with Crippen molar-refractivity contribution in [3.05, 3.63) is 263 Å². The molecule has 3 unspecified atom stereocenters. The van der Waals surface area contributed by atoms with E-state index < -0.39 is 16.2 Å². The predicted molar refractivity (Wildman–Crippen MR) is 280 cm³/mol. The van der Waals surface area contributed by atoms with E-state index >= 15 is 4.79 Å². The van der Waals surface area contributed by atoms with E-state index in [1.807, 2.05) is 36.4 Å². The van der Waals surface area contributed by atoms with Gasteiger partial charge in [0.25, 0.3) is 0 Å². The molecule has 3 aliphatic rings. The fourth-order valence-corrected chi connectivity index (χ4v) is 13.0. The van der Waals surface area contributed by atoms with E-state index in [0.717, 1.165) is 89.6 Å². The quantitative estimate of drug-likeness (QED) is 0.107. The van der Waals surface area contributed by atoms with Crippen LogP contribution in [-0.2, 0) is 27.5 Å².